The number of hydrogen-bond donors (Lipinski definition) is 2. The largest absolute Gasteiger partial charge is 0.315 e. The van der Waals surface area contributed by atoms with Crippen molar-refractivity contribution in [2.45, 2.75) is 23.3 Å². The average molecular weight is 397 g/mol. The van der Waals surface area contributed by atoms with Gasteiger partial charge in [-0.3, -0.25) is 10.1 Å². The fourth-order valence-corrected chi connectivity index (χ4v) is 4.42. The summed E-state index contributed by atoms with van der Waals surface area (Å²) in [6, 6.07) is 7.51. The summed E-state index contributed by atoms with van der Waals surface area (Å²) in [6.07, 6.45) is 0.540. The molecule has 0 aromatic heterocycles. The smallest absolute Gasteiger partial charge is 0.269 e. The van der Waals surface area contributed by atoms with E-state index in [9.17, 15) is 27.3 Å². The minimum Gasteiger partial charge on any atom is -0.315 e. The summed E-state index contributed by atoms with van der Waals surface area (Å²) in [4.78, 5) is 9.98. The molecule has 2 atom stereocenters. The molecule has 2 N–H and O–H groups in total. The maximum Gasteiger partial charge on any atom is 0.269 e. The molecule has 0 unspecified atom stereocenters. The van der Waals surface area contributed by atoms with Crippen LogP contribution in [-0.2, 0) is 10.0 Å². The second-order valence-corrected chi connectivity index (χ2v) is 7.97. The number of nitrogens with zero attached hydrogens (tertiary/aromatic N) is 1. The minimum atomic E-state index is -3.94. The average Bonchev–Trinajstić information content (AvgIpc) is 2.64. The van der Waals surface area contributed by atoms with Gasteiger partial charge >= 0.3 is 0 Å². The van der Waals surface area contributed by atoms with Crippen LogP contribution < -0.4 is 10.0 Å². The number of benzene rings is 2. The van der Waals surface area contributed by atoms with Gasteiger partial charge in [0.2, 0.25) is 10.0 Å². The molecule has 2 aromatic carbocycles. The van der Waals surface area contributed by atoms with E-state index in [-0.39, 0.29) is 16.5 Å². The Morgan fingerprint density at radius 1 is 1.11 bits per heavy atom. The number of halogens is 2. The lowest BCUT2D eigenvalue weighted by Gasteiger charge is -2.33. The van der Waals surface area contributed by atoms with Crippen molar-refractivity contribution >= 4 is 15.7 Å². The third kappa shape index (κ3) is 4.29. The molecule has 0 spiro atoms. The highest BCUT2D eigenvalue weighted by Gasteiger charge is 2.31. The maximum atomic E-state index is 13.6. The zero-order chi connectivity index (χ0) is 19.6. The van der Waals surface area contributed by atoms with E-state index < -0.39 is 32.6 Å². The zero-order valence-electron chi connectivity index (χ0n) is 14.1. The molecule has 0 saturated carbocycles. The molecule has 1 saturated heterocycles. The van der Waals surface area contributed by atoms with Crippen molar-refractivity contribution in [3.8, 4) is 0 Å². The Morgan fingerprint density at radius 3 is 2.44 bits per heavy atom. The van der Waals surface area contributed by atoms with Crippen molar-refractivity contribution in [3.63, 3.8) is 0 Å². The summed E-state index contributed by atoms with van der Waals surface area (Å²) in [7, 11) is -3.94. The monoisotopic (exact) mass is 397 g/mol. The van der Waals surface area contributed by atoms with Crippen LogP contribution in [0.2, 0.25) is 0 Å². The number of nitrogens with one attached hydrogen (secondary N) is 2. The lowest BCUT2D eigenvalue weighted by Crippen LogP contribution is -2.49. The summed E-state index contributed by atoms with van der Waals surface area (Å²) in [5.74, 6) is -2.28. The minimum absolute atomic E-state index is 0.109. The van der Waals surface area contributed by atoms with Gasteiger partial charge in [0.15, 0.2) is 11.6 Å². The Bertz CT molecular complexity index is 951. The van der Waals surface area contributed by atoms with Crippen molar-refractivity contribution in [2.24, 2.45) is 0 Å². The van der Waals surface area contributed by atoms with E-state index in [1.165, 1.54) is 6.07 Å². The molecule has 3 rings (SSSR count). The number of nitro benzene ring substituents is 1. The second-order valence-electron chi connectivity index (χ2n) is 6.25. The Kier molecular flexibility index (Phi) is 5.49. The van der Waals surface area contributed by atoms with Crippen molar-refractivity contribution < 1.29 is 22.1 Å². The summed E-state index contributed by atoms with van der Waals surface area (Å²) >= 11 is 0. The van der Waals surface area contributed by atoms with Crippen molar-refractivity contribution in [3.05, 3.63) is 69.8 Å². The van der Waals surface area contributed by atoms with Gasteiger partial charge in [0.05, 0.1) is 9.82 Å². The van der Waals surface area contributed by atoms with Gasteiger partial charge in [-0.05, 0) is 42.8 Å². The number of nitro groups is 1. The number of non-ortho nitro benzene ring substituents is 1. The van der Waals surface area contributed by atoms with E-state index in [2.05, 4.69) is 10.0 Å². The first-order chi connectivity index (χ1) is 12.8. The lowest BCUT2D eigenvalue weighted by molar-refractivity contribution is -0.384. The van der Waals surface area contributed by atoms with Crippen LogP contribution in [0.15, 0.2) is 47.4 Å². The van der Waals surface area contributed by atoms with Crippen LogP contribution in [0.3, 0.4) is 0 Å². The van der Waals surface area contributed by atoms with Crippen LogP contribution in [0.1, 0.15) is 17.9 Å². The third-order valence-corrected chi connectivity index (χ3v) is 6.02. The first-order valence-electron chi connectivity index (χ1n) is 8.20. The SMILES string of the molecule is O=[N+]([O-])c1ccc(S(=O)(=O)N[C@@H]2CNCC[C@@H]2c2ccc(F)c(F)c2)cc1. The molecule has 7 nitrogen and oxygen atoms in total. The second kappa shape index (κ2) is 7.67. The summed E-state index contributed by atoms with van der Waals surface area (Å²) in [5.41, 5.74) is 0.291. The van der Waals surface area contributed by atoms with Gasteiger partial charge in [0, 0.05) is 30.6 Å². The molecule has 10 heteroatoms. The normalized spacial score (nSPS) is 20.4. The van der Waals surface area contributed by atoms with Gasteiger partial charge in [-0.25, -0.2) is 21.9 Å². The quantitative estimate of drug-likeness (QED) is 0.596. The van der Waals surface area contributed by atoms with Gasteiger partial charge in [0.25, 0.3) is 5.69 Å². The lowest BCUT2D eigenvalue weighted by atomic mass is 9.86. The molecule has 0 bridgehead atoms. The van der Waals surface area contributed by atoms with E-state index in [0.29, 0.717) is 25.1 Å². The van der Waals surface area contributed by atoms with Crippen LogP contribution in [0.5, 0.6) is 0 Å². The van der Waals surface area contributed by atoms with Crippen molar-refractivity contribution in [2.75, 3.05) is 13.1 Å². The van der Waals surface area contributed by atoms with Crippen LogP contribution in [0, 0.1) is 21.7 Å². The molecule has 144 valence electrons. The molecule has 27 heavy (non-hydrogen) atoms. The fourth-order valence-electron chi connectivity index (χ4n) is 3.14. The highest BCUT2D eigenvalue weighted by atomic mass is 32.2. The Labute approximate surface area is 154 Å². The topological polar surface area (TPSA) is 101 Å². The van der Waals surface area contributed by atoms with Gasteiger partial charge in [-0.15, -0.1) is 0 Å². The van der Waals surface area contributed by atoms with Crippen LogP contribution in [0.4, 0.5) is 14.5 Å². The molecule has 1 fully saturated rings. The number of hydrogen-bond acceptors (Lipinski definition) is 5. The van der Waals surface area contributed by atoms with E-state index in [0.717, 1.165) is 36.4 Å². The Morgan fingerprint density at radius 2 is 1.81 bits per heavy atom. The van der Waals surface area contributed by atoms with Gasteiger partial charge in [-0.1, -0.05) is 6.07 Å². The molecule has 1 aliphatic rings. The number of piperidine rings is 1. The van der Waals surface area contributed by atoms with E-state index >= 15 is 0 Å². The molecule has 2 aromatic rings. The van der Waals surface area contributed by atoms with Gasteiger partial charge in [-0.2, -0.15) is 0 Å². The molecular formula is C17H17F2N3O4S. The number of sulfonamides is 1. The third-order valence-electron chi connectivity index (χ3n) is 4.52. The molecule has 1 aliphatic heterocycles. The van der Waals surface area contributed by atoms with E-state index in [4.69, 9.17) is 0 Å². The zero-order valence-corrected chi connectivity index (χ0v) is 14.9. The van der Waals surface area contributed by atoms with Crippen LogP contribution >= 0.6 is 0 Å². The predicted octanol–water partition coefficient (Wildman–Crippen LogP) is 2.30. The van der Waals surface area contributed by atoms with Gasteiger partial charge in [0.1, 0.15) is 0 Å². The first kappa shape index (κ1) is 19.3. The molecule has 1 heterocycles. The Balaban J connectivity index is 1.84. The summed E-state index contributed by atoms with van der Waals surface area (Å²) in [5, 5.41) is 13.8. The fraction of sp³-hybridized carbons (Fsp3) is 0.294. The molecule has 0 radical (unpaired) electrons. The summed E-state index contributed by atoms with van der Waals surface area (Å²) in [6.45, 7) is 0.926. The van der Waals surface area contributed by atoms with Gasteiger partial charge < -0.3 is 5.32 Å². The van der Waals surface area contributed by atoms with E-state index in [1.54, 1.807) is 0 Å². The highest BCUT2D eigenvalue weighted by Crippen LogP contribution is 2.28. The molecular weight excluding hydrogens is 380 g/mol. The van der Waals surface area contributed by atoms with Crippen LogP contribution in [0.25, 0.3) is 0 Å². The summed E-state index contributed by atoms with van der Waals surface area (Å²) < 4.78 is 54.6. The Hall–Kier alpha value is -2.43. The predicted molar refractivity (Wildman–Crippen MR) is 93.8 cm³/mol. The highest BCUT2D eigenvalue weighted by molar-refractivity contribution is 7.89. The van der Waals surface area contributed by atoms with Crippen LogP contribution in [-0.4, -0.2) is 32.5 Å². The van der Waals surface area contributed by atoms with Crippen molar-refractivity contribution in [1.82, 2.24) is 10.0 Å². The maximum absolute atomic E-state index is 13.6. The number of rotatable bonds is 5. The molecule has 0 amide bonds. The first-order valence-corrected chi connectivity index (χ1v) is 9.69. The standard InChI is InChI=1S/C17H17F2N3O4S/c18-15-6-1-11(9-16(15)19)14-7-8-20-10-17(14)21-27(25,26)13-4-2-12(3-5-13)22(23)24/h1-6,9,14,17,20-21H,7-8,10H2/t14-,17-/m1/s1. The molecule has 0 aliphatic carbocycles. The van der Waals surface area contributed by atoms with Crippen molar-refractivity contribution in [1.29, 1.82) is 0 Å². The van der Waals surface area contributed by atoms with E-state index in [1.807, 2.05) is 0 Å².